The summed E-state index contributed by atoms with van der Waals surface area (Å²) in [6.07, 6.45) is 2.79. The van der Waals surface area contributed by atoms with Crippen LogP contribution in [0.15, 0.2) is 24.3 Å². The van der Waals surface area contributed by atoms with E-state index in [4.69, 9.17) is 4.84 Å². The Morgan fingerprint density at radius 3 is 2.89 bits per heavy atom. The van der Waals surface area contributed by atoms with Crippen molar-refractivity contribution in [2.45, 2.75) is 25.4 Å². The van der Waals surface area contributed by atoms with Crippen molar-refractivity contribution in [3.05, 3.63) is 35.4 Å². The van der Waals surface area contributed by atoms with Gasteiger partial charge in [0.15, 0.2) is 6.29 Å². The number of hydroxylamine groups is 2. The third-order valence-corrected chi connectivity index (χ3v) is 3.52. The van der Waals surface area contributed by atoms with Gasteiger partial charge in [-0.2, -0.15) is 5.06 Å². The predicted molar refractivity (Wildman–Crippen MR) is 64.5 cm³/mol. The first kappa shape index (κ1) is 11.6. The molecule has 1 aliphatic carbocycles. The quantitative estimate of drug-likeness (QED) is 0.584. The van der Waals surface area contributed by atoms with Crippen molar-refractivity contribution in [3.8, 4) is 0 Å². The zero-order valence-corrected chi connectivity index (χ0v) is 10.0. The van der Waals surface area contributed by atoms with Crippen LogP contribution in [0.25, 0.3) is 0 Å². The maximum atomic E-state index is 11.8. The summed E-state index contributed by atoms with van der Waals surface area (Å²) in [7, 11) is 0. The lowest BCUT2D eigenvalue weighted by Gasteiger charge is -2.21. The second kappa shape index (κ2) is 4.63. The molecule has 4 nitrogen and oxygen atoms in total. The Kier molecular flexibility index (Phi) is 2.97. The molecule has 0 bridgehead atoms. The molecule has 1 unspecified atom stereocenters. The second-order valence-electron chi connectivity index (χ2n) is 4.94. The number of benzene rings is 1. The Bertz CT molecular complexity index is 482. The lowest BCUT2D eigenvalue weighted by Crippen LogP contribution is -2.30. The lowest BCUT2D eigenvalue weighted by atomic mass is 10.0. The van der Waals surface area contributed by atoms with Crippen LogP contribution in [-0.4, -0.2) is 23.7 Å². The van der Waals surface area contributed by atoms with E-state index in [1.807, 2.05) is 24.3 Å². The van der Waals surface area contributed by atoms with E-state index < -0.39 is 11.8 Å². The number of carbonyl (C=O) groups is 2. The first-order valence-corrected chi connectivity index (χ1v) is 6.26. The molecule has 0 amide bonds. The van der Waals surface area contributed by atoms with Gasteiger partial charge in [-0.05, 0) is 29.9 Å². The van der Waals surface area contributed by atoms with Crippen molar-refractivity contribution in [3.63, 3.8) is 0 Å². The van der Waals surface area contributed by atoms with Gasteiger partial charge in [-0.25, -0.2) is 0 Å². The van der Waals surface area contributed by atoms with Crippen molar-refractivity contribution >= 4 is 12.1 Å². The normalized spacial score (nSPS) is 22.8. The van der Waals surface area contributed by atoms with Crippen LogP contribution >= 0.6 is 0 Å². The van der Waals surface area contributed by atoms with Gasteiger partial charge in [0.1, 0.15) is 6.04 Å². The molecule has 18 heavy (non-hydrogen) atoms. The van der Waals surface area contributed by atoms with Gasteiger partial charge >= 0.3 is 0 Å². The van der Waals surface area contributed by atoms with Crippen molar-refractivity contribution in [2.75, 3.05) is 6.61 Å². The van der Waals surface area contributed by atoms with E-state index in [0.29, 0.717) is 25.4 Å². The number of carbonyl (C=O) groups excluding carboxylic acids is 2. The van der Waals surface area contributed by atoms with Gasteiger partial charge in [0.05, 0.1) is 13.2 Å². The van der Waals surface area contributed by atoms with E-state index in [1.165, 1.54) is 12.8 Å². The minimum atomic E-state index is -0.558. The van der Waals surface area contributed by atoms with Crippen molar-refractivity contribution in [1.82, 2.24) is 5.06 Å². The fraction of sp³-hybridized carbons (Fsp3) is 0.429. The first-order valence-electron chi connectivity index (χ1n) is 6.26. The maximum absolute atomic E-state index is 11.8. The third kappa shape index (κ3) is 2.09. The second-order valence-corrected chi connectivity index (χ2v) is 4.94. The van der Waals surface area contributed by atoms with E-state index in [9.17, 15) is 9.59 Å². The molecular formula is C14H15NO3. The molecule has 4 heteroatoms. The van der Waals surface area contributed by atoms with E-state index in [2.05, 4.69) is 0 Å². The van der Waals surface area contributed by atoms with Crippen LogP contribution in [0.5, 0.6) is 0 Å². The number of Topliss-reactive ketones (excluding diaryl/α,β-unsaturated/α-hetero) is 1. The third-order valence-electron chi connectivity index (χ3n) is 3.52. The number of hydrogen-bond donors (Lipinski definition) is 0. The van der Waals surface area contributed by atoms with E-state index >= 15 is 0 Å². The highest BCUT2D eigenvalue weighted by molar-refractivity contribution is 6.27. The molecule has 0 spiro atoms. The molecule has 94 valence electrons. The first-order chi connectivity index (χ1) is 8.79. The van der Waals surface area contributed by atoms with Crippen molar-refractivity contribution in [2.24, 2.45) is 5.92 Å². The molecule has 1 aromatic rings. The molecule has 0 saturated heterocycles. The highest BCUT2D eigenvalue weighted by Crippen LogP contribution is 2.36. The average molecular weight is 245 g/mol. The highest BCUT2D eigenvalue weighted by Gasteiger charge is 2.37. The summed E-state index contributed by atoms with van der Waals surface area (Å²) < 4.78 is 0. The summed E-state index contributed by atoms with van der Waals surface area (Å²) in [6, 6.07) is 7.13. The highest BCUT2D eigenvalue weighted by atomic mass is 16.7. The molecule has 1 aliphatic heterocycles. The molecule has 0 aromatic heterocycles. The molecule has 3 rings (SSSR count). The van der Waals surface area contributed by atoms with Gasteiger partial charge in [0, 0.05) is 0 Å². The summed E-state index contributed by atoms with van der Waals surface area (Å²) in [5.74, 6) is 0.191. The van der Waals surface area contributed by atoms with Crippen molar-refractivity contribution < 1.29 is 14.4 Å². The lowest BCUT2D eigenvalue weighted by molar-refractivity contribution is -0.192. The molecule has 1 saturated carbocycles. The van der Waals surface area contributed by atoms with Crippen LogP contribution in [0.1, 0.15) is 30.0 Å². The number of fused-ring (bicyclic) bond motifs is 1. The fourth-order valence-electron chi connectivity index (χ4n) is 2.32. The minimum absolute atomic E-state index is 0.389. The summed E-state index contributed by atoms with van der Waals surface area (Å²) in [5.41, 5.74) is 1.96. The Labute approximate surface area is 105 Å². The topological polar surface area (TPSA) is 46.6 Å². The molecule has 1 atom stereocenters. The van der Waals surface area contributed by atoms with Gasteiger partial charge < -0.3 is 0 Å². The molecule has 0 N–H and O–H groups in total. The van der Waals surface area contributed by atoms with Crippen LogP contribution in [0.4, 0.5) is 0 Å². The smallest absolute Gasteiger partial charge is 0.219 e. The summed E-state index contributed by atoms with van der Waals surface area (Å²) >= 11 is 0. The summed E-state index contributed by atoms with van der Waals surface area (Å²) in [4.78, 5) is 28.2. The minimum Gasteiger partial charge on any atom is -0.297 e. The molecule has 2 aliphatic rings. The van der Waals surface area contributed by atoms with Crippen LogP contribution in [0.2, 0.25) is 0 Å². The Morgan fingerprint density at radius 1 is 1.39 bits per heavy atom. The number of aldehydes is 1. The molecule has 0 radical (unpaired) electrons. The average Bonchev–Trinajstić information content (AvgIpc) is 3.15. The Morgan fingerprint density at radius 2 is 2.17 bits per heavy atom. The SMILES string of the molecule is O=CC(=O)C1c2ccccc2CN1OCC1CC1. The van der Waals surface area contributed by atoms with Crippen molar-refractivity contribution in [1.29, 1.82) is 0 Å². The van der Waals surface area contributed by atoms with Gasteiger partial charge in [-0.1, -0.05) is 24.3 Å². The molecule has 1 heterocycles. The zero-order chi connectivity index (χ0) is 12.5. The summed E-state index contributed by atoms with van der Waals surface area (Å²) in [6.45, 7) is 1.23. The zero-order valence-electron chi connectivity index (χ0n) is 10.0. The molecule has 1 fully saturated rings. The standard InChI is InChI=1S/C14H15NO3/c16-8-13(17)14-12-4-2-1-3-11(12)7-15(14)18-9-10-5-6-10/h1-4,8,10,14H,5-7,9H2. The number of hydrogen-bond acceptors (Lipinski definition) is 4. The van der Waals surface area contributed by atoms with E-state index in [-0.39, 0.29) is 0 Å². The van der Waals surface area contributed by atoms with E-state index in [0.717, 1.165) is 11.1 Å². The summed E-state index contributed by atoms with van der Waals surface area (Å²) in [5, 5.41) is 1.65. The largest absolute Gasteiger partial charge is 0.297 e. The Balaban J connectivity index is 1.81. The van der Waals surface area contributed by atoms with Crippen LogP contribution in [0, 0.1) is 5.92 Å². The van der Waals surface area contributed by atoms with Gasteiger partial charge in [0.25, 0.3) is 0 Å². The monoisotopic (exact) mass is 245 g/mol. The van der Waals surface area contributed by atoms with Crippen LogP contribution < -0.4 is 0 Å². The number of nitrogens with zero attached hydrogens (tertiary/aromatic N) is 1. The molecule has 1 aromatic carbocycles. The maximum Gasteiger partial charge on any atom is 0.219 e. The van der Waals surface area contributed by atoms with Gasteiger partial charge in [-0.3, -0.25) is 14.4 Å². The molecular weight excluding hydrogens is 230 g/mol. The predicted octanol–water partition coefficient (Wildman–Crippen LogP) is 1.65. The van der Waals surface area contributed by atoms with Crippen LogP contribution in [0.3, 0.4) is 0 Å². The van der Waals surface area contributed by atoms with Gasteiger partial charge in [0.2, 0.25) is 5.78 Å². The van der Waals surface area contributed by atoms with Crippen LogP contribution in [-0.2, 0) is 21.0 Å². The fourth-order valence-corrected chi connectivity index (χ4v) is 2.32. The van der Waals surface area contributed by atoms with Gasteiger partial charge in [-0.15, -0.1) is 0 Å². The number of ketones is 1. The Hall–Kier alpha value is -1.52. The van der Waals surface area contributed by atoms with E-state index in [1.54, 1.807) is 5.06 Å². The number of rotatable bonds is 5.